The monoisotopic (exact) mass is 406 g/mol. The summed E-state index contributed by atoms with van der Waals surface area (Å²) in [6, 6.07) is 14.4. The van der Waals surface area contributed by atoms with Gasteiger partial charge in [0.05, 0.1) is 16.3 Å². The molecule has 0 bridgehead atoms. The second kappa shape index (κ2) is 6.95. The number of nitro benzene ring substituents is 1. The van der Waals surface area contributed by atoms with E-state index in [4.69, 9.17) is 11.5 Å². The second-order valence-corrected chi connectivity index (χ2v) is 7.45. The Morgan fingerprint density at radius 2 is 1.55 bits per heavy atom. The maximum Gasteiger partial charge on any atom is 0.269 e. The Morgan fingerprint density at radius 3 is 2.17 bits per heavy atom. The lowest BCUT2D eigenvalue weighted by atomic mass is 9.99. The first-order valence-corrected chi connectivity index (χ1v) is 9.26. The van der Waals surface area contributed by atoms with E-state index in [-0.39, 0.29) is 5.69 Å². The highest BCUT2D eigenvalue weighted by atomic mass is 32.2. The number of nitro groups is 1. The molecule has 1 aliphatic rings. The third-order valence-electron chi connectivity index (χ3n) is 4.52. The van der Waals surface area contributed by atoms with Crippen LogP contribution in [0.3, 0.4) is 0 Å². The summed E-state index contributed by atoms with van der Waals surface area (Å²) in [7, 11) is 0. The number of carbonyl (C=O) groups excluding carboxylic acids is 2. The van der Waals surface area contributed by atoms with Gasteiger partial charge < -0.3 is 16.8 Å². The summed E-state index contributed by atoms with van der Waals surface area (Å²) in [5.41, 5.74) is 14.4. The van der Waals surface area contributed by atoms with Crippen LogP contribution in [0.2, 0.25) is 0 Å². The van der Waals surface area contributed by atoms with E-state index in [0.717, 1.165) is 21.2 Å². The minimum Gasteiger partial charge on any atom is -0.366 e. The van der Waals surface area contributed by atoms with E-state index >= 15 is 0 Å². The number of nitrogens with two attached hydrogens (primary N) is 2. The van der Waals surface area contributed by atoms with Gasteiger partial charge in [-0.1, -0.05) is 11.8 Å². The van der Waals surface area contributed by atoms with E-state index in [0.29, 0.717) is 22.3 Å². The Hall–Kier alpha value is -3.85. The van der Waals surface area contributed by atoms with Gasteiger partial charge in [-0.2, -0.15) is 0 Å². The third kappa shape index (κ3) is 3.39. The Balaban J connectivity index is 1.85. The lowest BCUT2D eigenvalue weighted by Crippen LogP contribution is -2.13. The summed E-state index contributed by atoms with van der Waals surface area (Å²) in [5.74, 6) is -1.12. The molecule has 9 heteroatoms. The van der Waals surface area contributed by atoms with Gasteiger partial charge in [0.1, 0.15) is 0 Å². The van der Waals surface area contributed by atoms with Crippen LogP contribution in [0, 0.1) is 10.1 Å². The molecule has 1 aliphatic heterocycles. The number of primary amides is 2. The van der Waals surface area contributed by atoms with E-state index in [1.807, 2.05) is 0 Å². The van der Waals surface area contributed by atoms with Crippen molar-refractivity contribution in [2.45, 2.75) is 9.79 Å². The van der Waals surface area contributed by atoms with Crippen LogP contribution in [0.15, 0.2) is 64.4 Å². The van der Waals surface area contributed by atoms with Gasteiger partial charge in [0.15, 0.2) is 0 Å². The molecule has 4 rings (SSSR count). The highest BCUT2D eigenvalue weighted by molar-refractivity contribution is 7.99. The topological polar surface area (TPSA) is 141 Å². The average molecular weight is 406 g/mol. The van der Waals surface area contributed by atoms with E-state index in [2.05, 4.69) is 5.32 Å². The first kappa shape index (κ1) is 18.5. The molecule has 8 nitrogen and oxygen atoms in total. The third-order valence-corrected chi connectivity index (χ3v) is 5.62. The molecule has 2 amide bonds. The molecule has 0 aromatic heterocycles. The van der Waals surface area contributed by atoms with Crippen molar-refractivity contribution in [3.05, 3.63) is 75.8 Å². The van der Waals surface area contributed by atoms with Gasteiger partial charge in [0.25, 0.3) is 5.69 Å². The molecule has 5 N–H and O–H groups in total. The number of fused-ring (bicyclic) bond motifs is 2. The van der Waals surface area contributed by atoms with E-state index in [1.54, 1.807) is 42.5 Å². The minimum absolute atomic E-state index is 0.0275. The summed E-state index contributed by atoms with van der Waals surface area (Å²) < 4.78 is 0. The fraction of sp³-hybridized carbons (Fsp3) is 0. The highest BCUT2D eigenvalue weighted by Crippen LogP contribution is 2.48. The van der Waals surface area contributed by atoms with Crippen LogP contribution >= 0.6 is 11.8 Å². The maximum absolute atomic E-state index is 11.8. The van der Waals surface area contributed by atoms with Crippen LogP contribution < -0.4 is 16.8 Å². The van der Waals surface area contributed by atoms with Gasteiger partial charge in [-0.25, -0.2) is 0 Å². The van der Waals surface area contributed by atoms with Gasteiger partial charge >= 0.3 is 0 Å². The summed E-state index contributed by atoms with van der Waals surface area (Å²) in [6.45, 7) is 0. The lowest BCUT2D eigenvalue weighted by Gasteiger charge is -2.24. The number of nitrogens with one attached hydrogen (secondary N) is 1. The van der Waals surface area contributed by atoms with E-state index in [1.165, 1.54) is 23.9 Å². The predicted molar refractivity (Wildman–Crippen MR) is 109 cm³/mol. The van der Waals surface area contributed by atoms with Gasteiger partial charge in [-0.05, 0) is 48.0 Å². The van der Waals surface area contributed by atoms with Crippen LogP contribution in [-0.2, 0) is 0 Å². The molecule has 0 spiro atoms. The first-order valence-electron chi connectivity index (χ1n) is 8.45. The summed E-state index contributed by atoms with van der Waals surface area (Å²) in [5, 5.41) is 14.3. The molecule has 0 unspecified atom stereocenters. The van der Waals surface area contributed by atoms with Crippen LogP contribution in [0.5, 0.6) is 0 Å². The van der Waals surface area contributed by atoms with Crippen molar-refractivity contribution in [3.8, 4) is 11.1 Å². The van der Waals surface area contributed by atoms with Gasteiger partial charge in [0.2, 0.25) is 11.8 Å². The average Bonchev–Trinajstić information content (AvgIpc) is 2.70. The van der Waals surface area contributed by atoms with Crippen LogP contribution in [0.4, 0.5) is 17.1 Å². The SMILES string of the molecule is NC(=O)c1ccc2c(c1)Sc1cc(C(N)=O)cc(-c3ccc([N+](=O)[O-])cc3)c1N2. The lowest BCUT2D eigenvalue weighted by molar-refractivity contribution is -0.384. The van der Waals surface area contributed by atoms with Crippen LogP contribution in [-0.4, -0.2) is 16.7 Å². The summed E-state index contributed by atoms with van der Waals surface area (Å²) in [4.78, 5) is 35.3. The molecular formula is C20H14N4O4S. The van der Waals surface area contributed by atoms with Gasteiger partial charge in [-0.15, -0.1) is 0 Å². The Morgan fingerprint density at radius 1 is 0.897 bits per heavy atom. The fourth-order valence-corrected chi connectivity index (χ4v) is 4.17. The van der Waals surface area contributed by atoms with E-state index < -0.39 is 16.7 Å². The molecule has 1 heterocycles. The number of hydrogen-bond acceptors (Lipinski definition) is 6. The number of anilines is 2. The molecule has 3 aromatic carbocycles. The second-order valence-electron chi connectivity index (χ2n) is 6.37. The van der Waals surface area contributed by atoms with E-state index in [9.17, 15) is 19.7 Å². The number of amides is 2. The van der Waals surface area contributed by atoms with Crippen molar-refractivity contribution in [1.82, 2.24) is 0 Å². The molecule has 144 valence electrons. The van der Waals surface area contributed by atoms with Gasteiger partial charge in [-0.3, -0.25) is 19.7 Å². The number of carbonyl (C=O) groups is 2. The fourth-order valence-electron chi connectivity index (χ4n) is 3.07. The zero-order valence-corrected chi connectivity index (χ0v) is 15.7. The number of rotatable bonds is 4. The number of benzene rings is 3. The molecular weight excluding hydrogens is 392 g/mol. The first-order chi connectivity index (χ1) is 13.8. The van der Waals surface area contributed by atoms with Crippen molar-refractivity contribution in [2.24, 2.45) is 11.5 Å². The van der Waals surface area contributed by atoms with Gasteiger partial charge in [0, 0.05) is 38.6 Å². The summed E-state index contributed by atoms with van der Waals surface area (Å²) >= 11 is 1.38. The zero-order valence-electron chi connectivity index (χ0n) is 14.8. The Kier molecular flexibility index (Phi) is 4.44. The Bertz CT molecular complexity index is 1190. The van der Waals surface area contributed by atoms with Crippen molar-refractivity contribution >= 4 is 40.6 Å². The zero-order chi connectivity index (χ0) is 20.7. The van der Waals surface area contributed by atoms with Crippen molar-refractivity contribution in [1.29, 1.82) is 0 Å². The maximum atomic E-state index is 11.8. The van der Waals surface area contributed by atoms with Crippen LogP contribution in [0.1, 0.15) is 20.7 Å². The molecule has 0 saturated heterocycles. The summed E-state index contributed by atoms with van der Waals surface area (Å²) in [6.07, 6.45) is 0. The van der Waals surface area contributed by atoms with Crippen molar-refractivity contribution < 1.29 is 14.5 Å². The molecule has 0 atom stereocenters. The molecule has 29 heavy (non-hydrogen) atoms. The van der Waals surface area contributed by atoms with Crippen molar-refractivity contribution in [2.75, 3.05) is 5.32 Å². The van der Waals surface area contributed by atoms with Crippen molar-refractivity contribution in [3.63, 3.8) is 0 Å². The normalized spacial score (nSPS) is 11.7. The number of nitrogens with zero attached hydrogens (tertiary/aromatic N) is 1. The molecule has 0 fully saturated rings. The molecule has 3 aromatic rings. The standard InChI is InChI=1S/C20H14N4O4S/c21-19(25)11-3-6-15-16(8-11)29-17-9-12(20(22)26)7-14(18(17)23-15)10-1-4-13(5-2-10)24(27)28/h1-9,23H,(H2,21,25)(H2,22,26). The number of hydrogen-bond donors (Lipinski definition) is 3. The minimum atomic E-state index is -0.590. The predicted octanol–water partition coefficient (Wildman–Crippen LogP) is 3.67. The molecule has 0 radical (unpaired) electrons. The number of non-ortho nitro benzene ring substituents is 1. The largest absolute Gasteiger partial charge is 0.366 e. The van der Waals surface area contributed by atoms with Crippen LogP contribution in [0.25, 0.3) is 11.1 Å². The quantitative estimate of drug-likeness (QED) is 0.349. The smallest absolute Gasteiger partial charge is 0.269 e. The Labute approximate surface area is 169 Å². The molecule has 0 aliphatic carbocycles. The highest BCUT2D eigenvalue weighted by Gasteiger charge is 2.23. The molecule has 0 saturated carbocycles.